The van der Waals surface area contributed by atoms with Gasteiger partial charge in [0.2, 0.25) is 5.71 Å². The molecule has 0 bridgehead atoms. The maximum absolute atomic E-state index is 5.78. The van der Waals surface area contributed by atoms with Gasteiger partial charge in [0, 0.05) is 11.5 Å². The summed E-state index contributed by atoms with van der Waals surface area (Å²) < 4.78 is 11.2. The predicted octanol–water partition coefficient (Wildman–Crippen LogP) is 3.54. The molecule has 0 aliphatic carbocycles. The molecule has 0 aliphatic rings. The Kier molecular flexibility index (Phi) is 2.51. The second-order valence-corrected chi connectivity index (χ2v) is 4.62. The van der Waals surface area contributed by atoms with Gasteiger partial charge in [-0.05, 0) is 24.3 Å². The van der Waals surface area contributed by atoms with Crippen molar-refractivity contribution in [3.05, 3.63) is 42.5 Å². The average Bonchev–Trinajstić information content (AvgIpc) is 2.87. The number of hydrogen-bond donors (Lipinski definition) is 0. The van der Waals surface area contributed by atoms with E-state index in [1.807, 2.05) is 36.4 Å². The van der Waals surface area contributed by atoms with Gasteiger partial charge in [0.25, 0.3) is 0 Å². The lowest BCUT2D eigenvalue weighted by molar-refractivity contribution is 0.370. The molecule has 0 aliphatic heterocycles. The predicted molar refractivity (Wildman–Crippen MR) is 81.1 cm³/mol. The highest BCUT2D eigenvalue weighted by atomic mass is 16.5. The third-order valence-electron chi connectivity index (χ3n) is 3.28. The lowest BCUT2D eigenvalue weighted by Crippen LogP contribution is -1.92. The molecular weight excluding hydrogens is 264 g/mol. The van der Waals surface area contributed by atoms with Crippen molar-refractivity contribution >= 4 is 33.2 Å². The summed E-state index contributed by atoms with van der Waals surface area (Å²) in [5.74, 6) is 3.11. The summed E-state index contributed by atoms with van der Waals surface area (Å²) >= 11 is 0. The first-order valence-electron chi connectivity index (χ1n) is 6.50. The molecule has 2 aromatic heterocycles. The van der Waals surface area contributed by atoms with E-state index < -0.39 is 0 Å². The van der Waals surface area contributed by atoms with Gasteiger partial charge in [-0.2, -0.15) is 0 Å². The second kappa shape index (κ2) is 4.50. The van der Waals surface area contributed by atoms with Crippen LogP contribution in [-0.4, -0.2) is 16.6 Å². The van der Waals surface area contributed by atoms with E-state index in [9.17, 15) is 0 Å². The van der Waals surface area contributed by atoms with Crippen LogP contribution in [0.1, 0.15) is 0 Å². The Bertz CT molecular complexity index is 1010. The van der Waals surface area contributed by atoms with Gasteiger partial charge in [0.15, 0.2) is 0 Å². The number of fused-ring (bicyclic) bond motifs is 4. The number of benzene rings is 2. The van der Waals surface area contributed by atoms with Crippen molar-refractivity contribution in [2.24, 2.45) is 0 Å². The topological polar surface area (TPSA) is 48.2 Å². The molecule has 0 radical (unpaired) electrons. The number of para-hydroxylation sites is 2. The fraction of sp³-hybridized carbons (Fsp3) is 0.0588. The first-order chi connectivity index (χ1) is 10.3. The largest absolute Gasteiger partial charge is 0.481 e. The van der Waals surface area contributed by atoms with Crippen LogP contribution in [0.25, 0.3) is 33.2 Å². The SMILES string of the molecule is C#CCOc1ccc2c(c1)oc1nc3ccccc3nc12. The highest BCUT2D eigenvalue weighted by Crippen LogP contribution is 2.30. The Morgan fingerprint density at radius 2 is 1.90 bits per heavy atom. The lowest BCUT2D eigenvalue weighted by atomic mass is 10.2. The maximum atomic E-state index is 5.78. The Hall–Kier alpha value is -3.06. The van der Waals surface area contributed by atoms with Crippen LogP contribution in [0, 0.1) is 12.3 Å². The number of terminal acetylenes is 1. The zero-order valence-electron chi connectivity index (χ0n) is 11.0. The Balaban J connectivity index is 1.97. The van der Waals surface area contributed by atoms with Crippen LogP contribution in [0.4, 0.5) is 0 Å². The van der Waals surface area contributed by atoms with Crippen LogP contribution in [0.15, 0.2) is 46.9 Å². The number of rotatable bonds is 2. The van der Waals surface area contributed by atoms with Crippen molar-refractivity contribution in [1.82, 2.24) is 9.97 Å². The number of nitrogens with zero attached hydrogens (tertiary/aromatic N) is 2. The van der Waals surface area contributed by atoms with Crippen molar-refractivity contribution in [1.29, 1.82) is 0 Å². The molecule has 0 N–H and O–H groups in total. The average molecular weight is 274 g/mol. The van der Waals surface area contributed by atoms with E-state index >= 15 is 0 Å². The van der Waals surface area contributed by atoms with Gasteiger partial charge < -0.3 is 9.15 Å². The molecule has 0 amide bonds. The van der Waals surface area contributed by atoms with Crippen molar-refractivity contribution < 1.29 is 9.15 Å². The molecule has 4 rings (SSSR count). The summed E-state index contributed by atoms with van der Waals surface area (Å²) in [6.07, 6.45) is 5.19. The highest BCUT2D eigenvalue weighted by Gasteiger charge is 2.11. The molecule has 0 unspecified atom stereocenters. The Morgan fingerprint density at radius 1 is 1.10 bits per heavy atom. The molecule has 2 aromatic carbocycles. The van der Waals surface area contributed by atoms with Crippen LogP contribution >= 0.6 is 0 Å². The van der Waals surface area contributed by atoms with E-state index in [-0.39, 0.29) is 6.61 Å². The first kappa shape index (κ1) is 11.7. The van der Waals surface area contributed by atoms with Crippen molar-refractivity contribution in [3.63, 3.8) is 0 Å². The van der Waals surface area contributed by atoms with Crippen LogP contribution in [0.5, 0.6) is 5.75 Å². The number of ether oxygens (including phenoxy) is 1. The molecule has 0 fully saturated rings. The van der Waals surface area contributed by atoms with E-state index in [2.05, 4.69) is 15.9 Å². The van der Waals surface area contributed by atoms with Gasteiger partial charge in [-0.3, -0.25) is 0 Å². The Labute approximate surface area is 120 Å². The van der Waals surface area contributed by atoms with Crippen molar-refractivity contribution in [3.8, 4) is 18.1 Å². The van der Waals surface area contributed by atoms with Crippen molar-refractivity contribution in [2.75, 3.05) is 6.61 Å². The molecule has 4 aromatic rings. The lowest BCUT2D eigenvalue weighted by Gasteiger charge is -2.00. The molecule has 4 heteroatoms. The van der Waals surface area contributed by atoms with E-state index in [4.69, 9.17) is 15.6 Å². The number of hydrogen-bond acceptors (Lipinski definition) is 4. The third kappa shape index (κ3) is 1.87. The van der Waals surface area contributed by atoms with Gasteiger partial charge in [-0.1, -0.05) is 18.1 Å². The van der Waals surface area contributed by atoms with Crippen LogP contribution in [0.3, 0.4) is 0 Å². The van der Waals surface area contributed by atoms with Crippen LogP contribution in [0.2, 0.25) is 0 Å². The quantitative estimate of drug-likeness (QED) is 0.524. The minimum Gasteiger partial charge on any atom is -0.481 e. The summed E-state index contributed by atoms with van der Waals surface area (Å²) in [5, 5.41) is 0.913. The number of aromatic nitrogens is 2. The van der Waals surface area contributed by atoms with Gasteiger partial charge >= 0.3 is 0 Å². The standard InChI is InChI=1S/C17H10N2O2/c1-2-9-20-11-7-8-12-15(10-11)21-17-16(12)18-13-5-3-4-6-14(13)19-17/h1,3-8,10H,9H2. The smallest absolute Gasteiger partial charge is 0.246 e. The summed E-state index contributed by atoms with van der Waals surface area (Å²) in [6, 6.07) is 13.3. The molecule has 0 saturated carbocycles. The van der Waals surface area contributed by atoms with Gasteiger partial charge in [-0.25, -0.2) is 9.97 Å². The highest BCUT2D eigenvalue weighted by molar-refractivity contribution is 6.03. The van der Waals surface area contributed by atoms with Crippen LogP contribution < -0.4 is 4.74 Å². The van der Waals surface area contributed by atoms with Crippen molar-refractivity contribution in [2.45, 2.75) is 0 Å². The number of furan rings is 1. The zero-order valence-corrected chi connectivity index (χ0v) is 11.0. The molecule has 21 heavy (non-hydrogen) atoms. The monoisotopic (exact) mass is 274 g/mol. The van der Waals surface area contributed by atoms with E-state index in [1.165, 1.54) is 0 Å². The zero-order chi connectivity index (χ0) is 14.2. The van der Waals surface area contributed by atoms with Gasteiger partial charge in [0.1, 0.15) is 23.5 Å². The fourth-order valence-corrected chi connectivity index (χ4v) is 2.33. The van der Waals surface area contributed by atoms with Crippen LogP contribution in [-0.2, 0) is 0 Å². The minimum atomic E-state index is 0.228. The minimum absolute atomic E-state index is 0.228. The molecule has 0 spiro atoms. The molecule has 100 valence electrons. The fourth-order valence-electron chi connectivity index (χ4n) is 2.33. The molecule has 0 saturated heterocycles. The van der Waals surface area contributed by atoms with Gasteiger partial charge in [0.05, 0.1) is 11.0 Å². The molecule has 2 heterocycles. The summed E-state index contributed by atoms with van der Waals surface area (Å²) in [5.41, 5.74) is 3.63. The van der Waals surface area contributed by atoms with Gasteiger partial charge in [-0.15, -0.1) is 6.42 Å². The van der Waals surface area contributed by atoms with E-state index in [0.29, 0.717) is 17.0 Å². The van der Waals surface area contributed by atoms with E-state index in [0.717, 1.165) is 21.9 Å². The normalized spacial score (nSPS) is 11.0. The maximum Gasteiger partial charge on any atom is 0.246 e. The third-order valence-corrected chi connectivity index (χ3v) is 3.28. The second-order valence-electron chi connectivity index (χ2n) is 4.62. The molecule has 4 nitrogen and oxygen atoms in total. The summed E-state index contributed by atoms with van der Waals surface area (Å²) in [4.78, 5) is 9.13. The molecular formula is C17H10N2O2. The summed E-state index contributed by atoms with van der Waals surface area (Å²) in [6.45, 7) is 0.228. The Morgan fingerprint density at radius 3 is 2.71 bits per heavy atom. The summed E-state index contributed by atoms with van der Waals surface area (Å²) in [7, 11) is 0. The van der Waals surface area contributed by atoms with E-state index in [1.54, 1.807) is 6.07 Å². The first-order valence-corrected chi connectivity index (χ1v) is 6.50. The molecule has 0 atom stereocenters.